The topological polar surface area (TPSA) is 64.6 Å². The van der Waals surface area contributed by atoms with Crippen LogP contribution in [0.1, 0.15) is 17.5 Å². The molecule has 0 aliphatic carbocycles. The van der Waals surface area contributed by atoms with Gasteiger partial charge in [0.05, 0.1) is 12.5 Å². The van der Waals surface area contributed by atoms with Crippen LogP contribution in [0, 0.1) is 0 Å². The summed E-state index contributed by atoms with van der Waals surface area (Å²) in [5.41, 5.74) is 5.05. The second kappa shape index (κ2) is 12.9. The van der Waals surface area contributed by atoms with Crippen LogP contribution in [0.25, 0.3) is 0 Å². The van der Waals surface area contributed by atoms with Gasteiger partial charge in [-0.1, -0.05) is 30.3 Å². The second-order valence-electron chi connectivity index (χ2n) is 7.71. The summed E-state index contributed by atoms with van der Waals surface area (Å²) in [4.78, 5) is 14.0. The maximum Gasteiger partial charge on any atom is 1.00 e. The number of anilines is 2. The van der Waals surface area contributed by atoms with Crippen molar-refractivity contribution in [3.63, 3.8) is 0 Å². The van der Waals surface area contributed by atoms with Gasteiger partial charge in [0, 0.05) is 35.1 Å². The van der Waals surface area contributed by atoms with Crippen molar-refractivity contribution in [1.82, 2.24) is 0 Å². The van der Waals surface area contributed by atoms with Gasteiger partial charge in [0.1, 0.15) is 12.4 Å². The van der Waals surface area contributed by atoms with Crippen LogP contribution in [-0.4, -0.2) is 31.4 Å². The molecular formula is C26H27N2NaO3S. The number of aliphatic carboxylic acids is 1. The van der Waals surface area contributed by atoms with E-state index in [0.717, 1.165) is 48.8 Å². The Balaban J connectivity index is 0.00000306. The van der Waals surface area contributed by atoms with Crippen LogP contribution < -0.4 is 49.6 Å². The van der Waals surface area contributed by atoms with E-state index in [9.17, 15) is 9.90 Å². The molecule has 0 saturated heterocycles. The van der Waals surface area contributed by atoms with Gasteiger partial charge >= 0.3 is 29.6 Å². The third-order valence-electron chi connectivity index (χ3n) is 5.51. The SMILES string of the molecule is O=C([O-])CSc1ccc(NCc2cccc3c2CCCN3CCOc2ccccc2)cc1.[Na+]. The molecule has 0 atom stereocenters. The number of thioether (sulfide) groups is 1. The summed E-state index contributed by atoms with van der Waals surface area (Å²) in [7, 11) is 0. The van der Waals surface area contributed by atoms with Crippen molar-refractivity contribution in [2.24, 2.45) is 0 Å². The van der Waals surface area contributed by atoms with Crippen molar-refractivity contribution in [3.05, 3.63) is 83.9 Å². The van der Waals surface area contributed by atoms with Gasteiger partial charge in [-0.05, 0) is 66.4 Å². The number of nitrogens with one attached hydrogen (secondary N) is 1. The predicted molar refractivity (Wildman–Crippen MR) is 128 cm³/mol. The van der Waals surface area contributed by atoms with Gasteiger partial charge in [-0.3, -0.25) is 0 Å². The minimum absolute atomic E-state index is 0. The molecular weight excluding hydrogens is 443 g/mol. The summed E-state index contributed by atoms with van der Waals surface area (Å²) in [6.45, 7) is 3.33. The Morgan fingerprint density at radius 2 is 1.82 bits per heavy atom. The van der Waals surface area contributed by atoms with Crippen LogP contribution in [0.4, 0.5) is 11.4 Å². The van der Waals surface area contributed by atoms with Gasteiger partial charge in [0.25, 0.3) is 0 Å². The van der Waals surface area contributed by atoms with Gasteiger partial charge < -0.3 is 24.9 Å². The number of rotatable bonds is 10. The Labute approximate surface area is 221 Å². The van der Waals surface area contributed by atoms with Gasteiger partial charge in [-0.2, -0.15) is 0 Å². The maximum atomic E-state index is 10.6. The molecule has 7 heteroatoms. The molecule has 0 radical (unpaired) electrons. The molecule has 1 heterocycles. The fourth-order valence-corrected chi connectivity index (χ4v) is 4.58. The molecule has 1 aliphatic heterocycles. The number of hydrogen-bond donors (Lipinski definition) is 1. The predicted octanol–water partition coefficient (Wildman–Crippen LogP) is 0.976. The van der Waals surface area contributed by atoms with Gasteiger partial charge in [0.2, 0.25) is 0 Å². The molecule has 0 bridgehead atoms. The van der Waals surface area contributed by atoms with Crippen molar-refractivity contribution >= 4 is 29.1 Å². The fraction of sp³-hybridized carbons (Fsp3) is 0.269. The van der Waals surface area contributed by atoms with Crippen molar-refractivity contribution in [2.75, 3.05) is 35.7 Å². The zero-order valence-electron chi connectivity index (χ0n) is 19.0. The molecule has 4 rings (SSSR count). The van der Waals surface area contributed by atoms with E-state index in [4.69, 9.17) is 4.74 Å². The standard InChI is InChI=1S/C26H28N2O3S.Na/c29-26(30)19-32-23-13-11-21(12-14-23)27-18-20-6-4-10-25-24(20)9-5-15-28(25)16-17-31-22-7-2-1-3-8-22;/h1-4,6-8,10-14,27H,5,9,15-19H2,(H,29,30);/q;+1/p-1. The van der Waals surface area contributed by atoms with Crippen molar-refractivity contribution in [3.8, 4) is 5.75 Å². The monoisotopic (exact) mass is 470 g/mol. The number of carboxylic acid groups (broad SMARTS) is 1. The second-order valence-corrected chi connectivity index (χ2v) is 8.75. The number of benzene rings is 3. The minimum atomic E-state index is -1.05. The Morgan fingerprint density at radius 1 is 1.03 bits per heavy atom. The zero-order chi connectivity index (χ0) is 22.2. The number of carbonyl (C=O) groups excluding carboxylic acids is 1. The van der Waals surface area contributed by atoms with Crippen LogP contribution in [0.3, 0.4) is 0 Å². The molecule has 3 aromatic rings. The molecule has 5 nitrogen and oxygen atoms in total. The van der Waals surface area contributed by atoms with Crippen molar-refractivity contribution in [2.45, 2.75) is 24.3 Å². The van der Waals surface area contributed by atoms with E-state index < -0.39 is 5.97 Å². The van der Waals surface area contributed by atoms with Gasteiger partial charge in [-0.25, -0.2) is 0 Å². The van der Waals surface area contributed by atoms with Crippen LogP contribution >= 0.6 is 11.8 Å². The molecule has 0 spiro atoms. The Bertz CT molecular complexity index is 1030. The average Bonchev–Trinajstić information content (AvgIpc) is 2.83. The van der Waals surface area contributed by atoms with Crippen LogP contribution in [0.15, 0.2) is 77.7 Å². The largest absolute Gasteiger partial charge is 1.00 e. The number of hydrogen-bond acceptors (Lipinski definition) is 6. The summed E-state index contributed by atoms with van der Waals surface area (Å²) in [5.74, 6) is -0.172. The average molecular weight is 471 g/mol. The summed E-state index contributed by atoms with van der Waals surface area (Å²) < 4.78 is 5.91. The van der Waals surface area contributed by atoms with Crippen LogP contribution in [0.5, 0.6) is 5.75 Å². The molecule has 33 heavy (non-hydrogen) atoms. The first-order chi connectivity index (χ1) is 15.7. The molecule has 0 unspecified atom stereocenters. The van der Waals surface area contributed by atoms with Gasteiger partial charge in [-0.15, -0.1) is 11.8 Å². The zero-order valence-corrected chi connectivity index (χ0v) is 21.8. The van der Waals surface area contributed by atoms with E-state index in [1.165, 1.54) is 28.6 Å². The van der Waals surface area contributed by atoms with Gasteiger partial charge in [0.15, 0.2) is 0 Å². The minimum Gasteiger partial charge on any atom is -0.549 e. The fourth-order valence-electron chi connectivity index (χ4n) is 3.97. The maximum absolute atomic E-state index is 10.6. The molecule has 3 aromatic carbocycles. The quantitative estimate of drug-likeness (QED) is 0.352. The number of carboxylic acids is 1. The first kappa shape index (κ1) is 25.5. The summed E-state index contributed by atoms with van der Waals surface area (Å²) in [5, 5.41) is 14.1. The van der Waals surface area contributed by atoms with E-state index in [1.54, 1.807) is 0 Å². The third-order valence-corrected chi connectivity index (χ3v) is 6.50. The third kappa shape index (κ3) is 7.44. The Kier molecular flexibility index (Phi) is 10.0. The van der Waals surface area contributed by atoms with E-state index in [0.29, 0.717) is 6.61 Å². The van der Waals surface area contributed by atoms with Crippen LogP contribution in [-0.2, 0) is 17.8 Å². The first-order valence-corrected chi connectivity index (χ1v) is 11.9. The summed E-state index contributed by atoms with van der Waals surface area (Å²) >= 11 is 1.27. The number of para-hydroxylation sites is 1. The molecule has 166 valence electrons. The molecule has 1 aliphatic rings. The van der Waals surface area contributed by atoms with E-state index in [-0.39, 0.29) is 35.3 Å². The summed E-state index contributed by atoms with van der Waals surface area (Å²) in [6.07, 6.45) is 2.22. The Hall–Kier alpha value is -2.12. The normalized spacial score (nSPS) is 12.4. The molecule has 0 saturated carbocycles. The van der Waals surface area contributed by atoms with Crippen molar-refractivity contribution < 1.29 is 44.2 Å². The molecule has 1 N–H and O–H groups in total. The number of carbonyl (C=O) groups is 1. The van der Waals surface area contributed by atoms with Crippen LogP contribution in [0.2, 0.25) is 0 Å². The summed E-state index contributed by atoms with van der Waals surface area (Å²) in [6, 6.07) is 24.3. The van der Waals surface area contributed by atoms with E-state index >= 15 is 0 Å². The number of fused-ring (bicyclic) bond motifs is 1. The smallest absolute Gasteiger partial charge is 0.549 e. The van der Waals surface area contributed by atoms with E-state index in [2.05, 4.69) is 28.4 Å². The Morgan fingerprint density at radius 3 is 2.58 bits per heavy atom. The molecule has 0 fully saturated rings. The molecule has 0 aromatic heterocycles. The number of nitrogens with zero attached hydrogens (tertiary/aromatic N) is 1. The molecule has 0 amide bonds. The van der Waals surface area contributed by atoms with E-state index in [1.807, 2.05) is 54.6 Å². The number of ether oxygens (including phenoxy) is 1. The first-order valence-electron chi connectivity index (χ1n) is 10.9. The van der Waals surface area contributed by atoms with Crippen molar-refractivity contribution in [1.29, 1.82) is 0 Å².